The standard InChI is InChI=1S/C17H17BrClN3O/c18-14-1-6-17(23)13(11-14)12-20-22-9-7-21(8-10-22)16-4-2-15(19)3-5-16/h1-6,11-12,23H,7-10H2/b20-12-. The lowest BCUT2D eigenvalue weighted by atomic mass is 10.2. The molecule has 2 aromatic carbocycles. The third kappa shape index (κ3) is 4.18. The zero-order valence-electron chi connectivity index (χ0n) is 12.5. The third-order valence-electron chi connectivity index (χ3n) is 3.80. The Labute approximate surface area is 149 Å². The second-order valence-corrected chi connectivity index (χ2v) is 6.72. The number of anilines is 1. The summed E-state index contributed by atoms with van der Waals surface area (Å²) in [5.41, 5.74) is 1.89. The number of aromatic hydroxyl groups is 1. The summed E-state index contributed by atoms with van der Waals surface area (Å²) in [6, 6.07) is 13.2. The van der Waals surface area contributed by atoms with Gasteiger partial charge in [0.25, 0.3) is 0 Å². The number of nitrogens with zero attached hydrogens (tertiary/aromatic N) is 3. The number of phenols is 1. The molecule has 1 N–H and O–H groups in total. The smallest absolute Gasteiger partial charge is 0.124 e. The van der Waals surface area contributed by atoms with Crippen molar-refractivity contribution in [1.82, 2.24) is 5.01 Å². The molecule has 4 nitrogen and oxygen atoms in total. The Kier molecular flexibility index (Phi) is 5.08. The predicted molar refractivity (Wildman–Crippen MR) is 98.6 cm³/mol. The van der Waals surface area contributed by atoms with E-state index in [1.54, 1.807) is 18.3 Å². The Balaban J connectivity index is 1.59. The predicted octanol–water partition coefficient (Wildman–Crippen LogP) is 3.96. The fourth-order valence-corrected chi connectivity index (χ4v) is 3.00. The van der Waals surface area contributed by atoms with Gasteiger partial charge in [0.15, 0.2) is 0 Å². The number of benzene rings is 2. The van der Waals surface area contributed by atoms with Crippen LogP contribution in [-0.4, -0.2) is 42.5 Å². The van der Waals surface area contributed by atoms with E-state index in [0.29, 0.717) is 5.56 Å². The van der Waals surface area contributed by atoms with E-state index in [2.05, 4.69) is 25.9 Å². The van der Waals surface area contributed by atoms with Crippen LogP contribution in [0, 0.1) is 0 Å². The van der Waals surface area contributed by atoms with Gasteiger partial charge < -0.3 is 10.0 Å². The summed E-state index contributed by atoms with van der Waals surface area (Å²) in [6.45, 7) is 3.49. The fourth-order valence-electron chi connectivity index (χ4n) is 2.49. The largest absolute Gasteiger partial charge is 0.507 e. The normalized spacial score (nSPS) is 15.4. The third-order valence-corrected chi connectivity index (χ3v) is 4.54. The highest BCUT2D eigenvalue weighted by Gasteiger charge is 2.15. The Morgan fingerprint density at radius 3 is 2.43 bits per heavy atom. The van der Waals surface area contributed by atoms with Gasteiger partial charge in [-0.25, -0.2) is 0 Å². The zero-order valence-corrected chi connectivity index (χ0v) is 14.8. The van der Waals surface area contributed by atoms with Crippen LogP contribution in [0.3, 0.4) is 0 Å². The maximum absolute atomic E-state index is 9.83. The van der Waals surface area contributed by atoms with Gasteiger partial charge in [-0.15, -0.1) is 0 Å². The zero-order chi connectivity index (χ0) is 16.2. The maximum Gasteiger partial charge on any atom is 0.124 e. The van der Waals surface area contributed by atoms with Gasteiger partial charge in [0.1, 0.15) is 5.75 Å². The minimum absolute atomic E-state index is 0.233. The lowest BCUT2D eigenvalue weighted by molar-refractivity contribution is 0.272. The molecule has 0 unspecified atom stereocenters. The molecular weight excluding hydrogens is 378 g/mol. The number of hydrogen-bond donors (Lipinski definition) is 1. The van der Waals surface area contributed by atoms with Crippen molar-refractivity contribution >= 4 is 39.4 Å². The van der Waals surface area contributed by atoms with Gasteiger partial charge in [0.2, 0.25) is 0 Å². The fraction of sp³-hybridized carbons (Fsp3) is 0.235. The number of hydrogen-bond acceptors (Lipinski definition) is 4. The molecule has 23 heavy (non-hydrogen) atoms. The van der Waals surface area contributed by atoms with Crippen LogP contribution in [0.2, 0.25) is 5.02 Å². The minimum atomic E-state index is 0.233. The SMILES string of the molecule is Oc1ccc(Br)cc1/C=N\N1CCN(c2ccc(Cl)cc2)CC1. The molecule has 0 amide bonds. The van der Waals surface area contributed by atoms with Crippen molar-refractivity contribution in [1.29, 1.82) is 0 Å². The summed E-state index contributed by atoms with van der Waals surface area (Å²) in [6.07, 6.45) is 1.71. The van der Waals surface area contributed by atoms with Crippen LogP contribution in [0.4, 0.5) is 5.69 Å². The first-order chi connectivity index (χ1) is 11.1. The number of piperazine rings is 1. The lowest BCUT2D eigenvalue weighted by Gasteiger charge is -2.34. The summed E-state index contributed by atoms with van der Waals surface area (Å²) in [5.74, 6) is 0.233. The van der Waals surface area contributed by atoms with Crippen LogP contribution >= 0.6 is 27.5 Å². The van der Waals surface area contributed by atoms with E-state index in [1.165, 1.54) is 5.69 Å². The molecule has 6 heteroatoms. The van der Waals surface area contributed by atoms with Gasteiger partial charge in [-0.2, -0.15) is 5.10 Å². The number of hydrazone groups is 1. The highest BCUT2D eigenvalue weighted by molar-refractivity contribution is 9.10. The van der Waals surface area contributed by atoms with Crippen LogP contribution < -0.4 is 4.90 Å². The highest BCUT2D eigenvalue weighted by atomic mass is 79.9. The van der Waals surface area contributed by atoms with Gasteiger partial charge in [-0.3, -0.25) is 5.01 Å². The monoisotopic (exact) mass is 393 g/mol. The van der Waals surface area contributed by atoms with Gasteiger partial charge in [0.05, 0.1) is 19.3 Å². The first-order valence-corrected chi connectivity index (χ1v) is 8.57. The molecule has 1 fully saturated rings. The molecule has 0 radical (unpaired) electrons. The molecule has 120 valence electrons. The second kappa shape index (κ2) is 7.23. The van der Waals surface area contributed by atoms with Gasteiger partial charge in [-0.05, 0) is 42.5 Å². The quantitative estimate of drug-likeness (QED) is 0.801. The Bertz CT molecular complexity index is 697. The van der Waals surface area contributed by atoms with Crippen LogP contribution in [0.5, 0.6) is 5.75 Å². The molecule has 0 bridgehead atoms. The van der Waals surface area contributed by atoms with Crippen LogP contribution in [0.25, 0.3) is 0 Å². The van der Waals surface area contributed by atoms with E-state index in [0.717, 1.165) is 35.7 Å². The van der Waals surface area contributed by atoms with Gasteiger partial charge in [0, 0.05) is 33.8 Å². The first kappa shape index (κ1) is 16.1. The van der Waals surface area contributed by atoms with E-state index in [9.17, 15) is 5.11 Å². The molecule has 1 saturated heterocycles. The van der Waals surface area contributed by atoms with Crippen molar-refractivity contribution in [3.8, 4) is 5.75 Å². The molecule has 1 aliphatic heterocycles. The summed E-state index contributed by atoms with van der Waals surface area (Å²) >= 11 is 9.33. The first-order valence-electron chi connectivity index (χ1n) is 7.40. The minimum Gasteiger partial charge on any atom is -0.507 e. The summed E-state index contributed by atoms with van der Waals surface area (Å²) in [5, 5.41) is 17.1. The van der Waals surface area contributed by atoms with Crippen molar-refractivity contribution in [2.75, 3.05) is 31.1 Å². The maximum atomic E-state index is 9.83. The van der Waals surface area contributed by atoms with Crippen molar-refractivity contribution in [2.45, 2.75) is 0 Å². The van der Waals surface area contributed by atoms with Gasteiger partial charge >= 0.3 is 0 Å². The highest BCUT2D eigenvalue weighted by Crippen LogP contribution is 2.21. The molecule has 0 atom stereocenters. The van der Waals surface area contributed by atoms with Gasteiger partial charge in [-0.1, -0.05) is 27.5 Å². The number of halogens is 2. The van der Waals surface area contributed by atoms with E-state index in [-0.39, 0.29) is 5.75 Å². The van der Waals surface area contributed by atoms with Crippen molar-refractivity contribution in [2.24, 2.45) is 5.10 Å². The Hall–Kier alpha value is -1.72. The van der Waals surface area contributed by atoms with Crippen molar-refractivity contribution in [3.63, 3.8) is 0 Å². The van der Waals surface area contributed by atoms with Crippen molar-refractivity contribution in [3.05, 3.63) is 57.5 Å². The molecule has 0 spiro atoms. The summed E-state index contributed by atoms with van der Waals surface area (Å²) < 4.78 is 0.921. The molecule has 0 saturated carbocycles. The molecule has 0 aliphatic carbocycles. The lowest BCUT2D eigenvalue weighted by Crippen LogP contribution is -2.44. The summed E-state index contributed by atoms with van der Waals surface area (Å²) in [4.78, 5) is 2.32. The number of rotatable bonds is 3. The Morgan fingerprint density at radius 1 is 1.04 bits per heavy atom. The average molecular weight is 395 g/mol. The Morgan fingerprint density at radius 2 is 1.74 bits per heavy atom. The second-order valence-electron chi connectivity index (χ2n) is 5.36. The van der Waals surface area contributed by atoms with E-state index < -0.39 is 0 Å². The molecule has 3 rings (SSSR count). The molecule has 1 aliphatic rings. The molecule has 2 aromatic rings. The summed E-state index contributed by atoms with van der Waals surface area (Å²) in [7, 11) is 0. The average Bonchev–Trinajstić information content (AvgIpc) is 2.57. The van der Waals surface area contributed by atoms with Crippen LogP contribution in [-0.2, 0) is 0 Å². The topological polar surface area (TPSA) is 39.1 Å². The molecular formula is C17H17BrClN3O. The van der Waals surface area contributed by atoms with E-state index in [1.807, 2.05) is 35.3 Å². The van der Waals surface area contributed by atoms with E-state index in [4.69, 9.17) is 11.6 Å². The van der Waals surface area contributed by atoms with Crippen molar-refractivity contribution < 1.29 is 5.11 Å². The number of phenolic OH excluding ortho intramolecular Hbond substituents is 1. The van der Waals surface area contributed by atoms with E-state index >= 15 is 0 Å². The van der Waals surface area contributed by atoms with Crippen LogP contribution in [0.1, 0.15) is 5.56 Å². The molecule has 1 heterocycles. The van der Waals surface area contributed by atoms with Crippen LogP contribution in [0.15, 0.2) is 52.0 Å². The molecule has 0 aromatic heterocycles.